The summed E-state index contributed by atoms with van der Waals surface area (Å²) >= 11 is 0.449. The van der Waals surface area contributed by atoms with Crippen LogP contribution in [0.4, 0.5) is 0 Å². The topological polar surface area (TPSA) is 71.4 Å². The second kappa shape index (κ2) is 5.06. The molecule has 0 atom stereocenters. The molecule has 0 radical (unpaired) electrons. The number of nitrogens with zero attached hydrogens (tertiary/aromatic N) is 3. The molecular weight excluding hydrogens is 347 g/mol. The van der Waals surface area contributed by atoms with E-state index in [9.17, 15) is 0 Å². The van der Waals surface area contributed by atoms with Crippen LogP contribution >= 0.6 is 0 Å². The second-order valence-electron chi connectivity index (χ2n) is 1.79. The van der Waals surface area contributed by atoms with Gasteiger partial charge in [-0.25, -0.2) is 0 Å². The van der Waals surface area contributed by atoms with Crippen LogP contribution in [0.1, 0.15) is 0 Å². The molecule has 3 nitrogen and oxygen atoms in total. The molecule has 0 aliphatic heterocycles. The Morgan fingerprint density at radius 3 is 1.08 bits per heavy atom. The van der Waals surface area contributed by atoms with Gasteiger partial charge < -0.3 is 0 Å². The summed E-state index contributed by atoms with van der Waals surface area (Å²) in [5, 5.41) is 26.1. The van der Waals surface area contributed by atoms with Gasteiger partial charge in [0, 0.05) is 0 Å². The second-order valence-corrected chi connectivity index (χ2v) is 14.0. The van der Waals surface area contributed by atoms with Crippen molar-refractivity contribution in [2.24, 2.45) is 0 Å². The summed E-state index contributed by atoms with van der Waals surface area (Å²) in [4.78, 5) is 0. The predicted octanol–water partition coefficient (Wildman–Crippen LogP) is -2.23. The van der Waals surface area contributed by atoms with Crippen LogP contribution in [0.25, 0.3) is 0 Å². The van der Waals surface area contributed by atoms with Crippen LogP contribution in [0.5, 0.6) is 0 Å². The molecule has 1 aromatic heterocycles. The normalized spacial score (nSPS) is 7.75. The molecule has 0 N–H and O–H groups in total. The zero-order chi connectivity index (χ0) is 8.97. The van der Waals surface area contributed by atoms with E-state index in [1.807, 2.05) is 0 Å². The Kier molecular flexibility index (Phi) is 4.35. The molecule has 12 heavy (non-hydrogen) atoms. The molecule has 0 aliphatic rings. The van der Waals surface area contributed by atoms with Gasteiger partial charge >= 0.3 is 87.9 Å². The van der Waals surface area contributed by atoms with Crippen molar-refractivity contribution in [3.63, 3.8) is 0 Å². The van der Waals surface area contributed by atoms with E-state index in [2.05, 4.69) is 17.9 Å². The zero-order valence-corrected chi connectivity index (χ0v) is 10.9. The monoisotopic (exact) mass is 351 g/mol. The number of rotatable bonds is 0. The summed E-state index contributed by atoms with van der Waals surface area (Å²) in [6, 6.07) is 0. The van der Waals surface area contributed by atoms with Gasteiger partial charge in [0.2, 0.25) is 0 Å². The van der Waals surface area contributed by atoms with Crippen LogP contribution in [0, 0.1) is 33.7 Å². The van der Waals surface area contributed by atoms with Gasteiger partial charge in [-0.1, -0.05) is 0 Å². The molecule has 54 valence electrons. The summed E-state index contributed by atoms with van der Waals surface area (Å²) in [6.45, 7) is 0. The van der Waals surface area contributed by atoms with Crippen LogP contribution in [0.2, 0.25) is 0 Å². The summed E-state index contributed by atoms with van der Waals surface area (Å²) in [6.07, 6.45) is 0. The van der Waals surface area contributed by atoms with E-state index in [4.69, 9.17) is 15.8 Å². The van der Waals surface area contributed by atoms with Gasteiger partial charge in [-0.3, -0.25) is 0 Å². The third-order valence-electron chi connectivity index (χ3n) is 1.06. The van der Waals surface area contributed by atoms with Crippen molar-refractivity contribution in [3.05, 3.63) is 0 Å². The van der Waals surface area contributed by atoms with Crippen molar-refractivity contribution in [2.75, 3.05) is 0 Å². The summed E-state index contributed by atoms with van der Waals surface area (Å²) in [7, 11) is 0. The van der Waals surface area contributed by atoms with Crippen molar-refractivity contribution < 1.29 is 0 Å². The van der Waals surface area contributed by atoms with E-state index in [0.29, 0.717) is 0 Å². The van der Waals surface area contributed by atoms with Gasteiger partial charge in [-0.05, 0) is 0 Å². The first-order valence-electron chi connectivity index (χ1n) is 2.95. The number of hydrogen-bond acceptors (Lipinski definition) is 3. The molecule has 0 spiro atoms. The molecule has 0 saturated heterocycles. The van der Waals surface area contributed by atoms with Gasteiger partial charge in [-0.2, -0.15) is 0 Å². The molecule has 0 amide bonds. The van der Waals surface area contributed by atoms with Crippen LogP contribution in [-0.4, -0.2) is 54.2 Å². The molecule has 0 aliphatic carbocycles. The molecule has 0 saturated carbocycles. The van der Waals surface area contributed by atoms with Gasteiger partial charge in [0.25, 0.3) is 0 Å². The summed E-state index contributed by atoms with van der Waals surface area (Å²) < 4.78 is 0.153. The molecule has 1 heterocycles. The Morgan fingerprint density at radius 1 is 0.667 bits per heavy atom. The number of hydrogen-bond donors (Lipinski definition) is 0. The van der Waals surface area contributed by atoms with Crippen molar-refractivity contribution in [1.29, 1.82) is 15.8 Å². The minimum atomic E-state index is 0.0509. The predicted molar refractivity (Wildman–Crippen MR) is 51.4 cm³/mol. The summed E-state index contributed by atoms with van der Waals surface area (Å²) in [5.74, 6) is 6.59. The molecule has 1 rings (SSSR count). The molecule has 0 unspecified atom stereocenters. The summed E-state index contributed by atoms with van der Waals surface area (Å²) in [5.41, 5.74) is 0. The average Bonchev–Trinajstić information content (AvgIpc) is 2.16. The van der Waals surface area contributed by atoms with Crippen molar-refractivity contribution in [1.82, 2.24) is 0 Å². The third-order valence-corrected chi connectivity index (χ3v) is 12.8. The van der Waals surface area contributed by atoms with E-state index in [-0.39, 0.29) is 54.2 Å². The van der Waals surface area contributed by atoms with Gasteiger partial charge in [0.15, 0.2) is 0 Å². The fourth-order valence-corrected chi connectivity index (χ4v) is 18.1. The first-order chi connectivity index (χ1) is 5.80. The fourth-order valence-electron chi connectivity index (χ4n) is 0.616. The standard InChI is InChI=1S/C3B3N3Se3/c7-1-4-10-5(2-8)12-6(3-9)11-4. The Morgan fingerprint density at radius 2 is 0.917 bits per heavy atom. The molecule has 0 aromatic carbocycles. The van der Waals surface area contributed by atoms with Crippen molar-refractivity contribution in [2.45, 2.75) is 0 Å². The fraction of sp³-hybridized carbons (Fsp3) is 0. The van der Waals surface area contributed by atoms with E-state index in [1.54, 1.807) is 0 Å². The van der Waals surface area contributed by atoms with Crippen molar-refractivity contribution >= 4 is 54.2 Å². The van der Waals surface area contributed by atoms with Gasteiger partial charge in [0.1, 0.15) is 0 Å². The first-order valence-corrected chi connectivity index (χ1v) is 8.89. The van der Waals surface area contributed by atoms with E-state index in [1.165, 1.54) is 0 Å². The Labute approximate surface area is 87.3 Å². The molecule has 0 bridgehead atoms. The Bertz CT molecular complexity index is 362. The zero-order valence-electron chi connectivity index (χ0n) is 5.80. The Balaban J connectivity index is 3.36. The van der Waals surface area contributed by atoms with Crippen LogP contribution < -0.4 is 0 Å². The van der Waals surface area contributed by atoms with Crippen LogP contribution in [0.15, 0.2) is 0 Å². The molecule has 1 aromatic rings. The molecular formula is C3B3N3Se3. The minimum absolute atomic E-state index is 0.0509. The maximum atomic E-state index is 8.69. The van der Waals surface area contributed by atoms with Gasteiger partial charge in [0.05, 0.1) is 0 Å². The first kappa shape index (κ1) is 10.3. The van der Waals surface area contributed by atoms with E-state index >= 15 is 0 Å². The molecule has 0 fully saturated rings. The average molecular weight is 347 g/mol. The van der Waals surface area contributed by atoms with Crippen molar-refractivity contribution in [3.8, 4) is 17.9 Å². The van der Waals surface area contributed by atoms with Crippen LogP contribution in [0.3, 0.4) is 0 Å². The van der Waals surface area contributed by atoms with E-state index in [0.717, 1.165) is 0 Å². The SMILES string of the molecule is N#C[b-]1[se+][b-](C#N)[se+][b-](C#N)[se+]1. The van der Waals surface area contributed by atoms with Crippen LogP contribution in [-0.2, 0) is 0 Å². The number of nitriles is 3. The molecule has 9 heteroatoms. The maximum absolute atomic E-state index is 8.69. The Hall–Kier alpha value is 0.223. The third kappa shape index (κ3) is 2.62. The quantitative estimate of drug-likeness (QED) is 0.499. The van der Waals surface area contributed by atoms with E-state index < -0.39 is 0 Å². The van der Waals surface area contributed by atoms with Gasteiger partial charge in [-0.15, -0.1) is 0 Å².